The fourth-order valence-electron chi connectivity index (χ4n) is 3.78. The van der Waals surface area contributed by atoms with Crippen LogP contribution >= 0.6 is 24.0 Å². The Morgan fingerprint density at radius 2 is 1.96 bits per heavy atom. The first-order valence-corrected chi connectivity index (χ1v) is 9.65. The van der Waals surface area contributed by atoms with Crippen LogP contribution in [0.1, 0.15) is 62.5 Å². The Balaban J connectivity index is 0.00000338. The molecule has 1 aromatic heterocycles. The van der Waals surface area contributed by atoms with Gasteiger partial charge in [-0.2, -0.15) is 0 Å². The SMILES string of the molecule is CCNC(=NCC1(CCO)CCCCC1)NCCc1c(C)noc1C.I. The molecular weight excluding hydrogens is 443 g/mol. The third-order valence-electron chi connectivity index (χ3n) is 5.32. The lowest BCUT2D eigenvalue weighted by Crippen LogP contribution is -2.40. The lowest BCUT2D eigenvalue weighted by atomic mass is 9.72. The molecular formula is C19H35IN4O2. The molecule has 0 aliphatic heterocycles. The van der Waals surface area contributed by atoms with E-state index in [0.717, 1.165) is 49.9 Å². The van der Waals surface area contributed by atoms with Crippen molar-refractivity contribution in [1.29, 1.82) is 0 Å². The zero-order valence-electron chi connectivity index (χ0n) is 16.4. The molecule has 0 saturated heterocycles. The Bertz CT molecular complexity index is 529. The molecule has 150 valence electrons. The van der Waals surface area contributed by atoms with Gasteiger partial charge in [0.15, 0.2) is 5.96 Å². The van der Waals surface area contributed by atoms with Crippen LogP contribution in [0, 0.1) is 19.3 Å². The highest BCUT2D eigenvalue weighted by atomic mass is 127. The summed E-state index contributed by atoms with van der Waals surface area (Å²) in [6, 6.07) is 0. The number of nitrogens with one attached hydrogen (secondary N) is 2. The zero-order chi connectivity index (χ0) is 18.1. The molecule has 1 fully saturated rings. The normalized spacial score (nSPS) is 16.8. The van der Waals surface area contributed by atoms with E-state index in [1.54, 1.807) is 0 Å². The van der Waals surface area contributed by atoms with Crippen LogP contribution in [0.5, 0.6) is 0 Å². The van der Waals surface area contributed by atoms with E-state index < -0.39 is 0 Å². The fraction of sp³-hybridized carbons (Fsp3) is 0.789. The number of aliphatic imine (C=N–C) groups is 1. The number of hydrogen-bond acceptors (Lipinski definition) is 4. The van der Waals surface area contributed by atoms with Gasteiger partial charge in [0.25, 0.3) is 0 Å². The van der Waals surface area contributed by atoms with Gasteiger partial charge >= 0.3 is 0 Å². The van der Waals surface area contributed by atoms with Crippen LogP contribution in [0.3, 0.4) is 0 Å². The minimum absolute atomic E-state index is 0. The van der Waals surface area contributed by atoms with Crippen molar-refractivity contribution in [3.8, 4) is 0 Å². The summed E-state index contributed by atoms with van der Waals surface area (Å²) >= 11 is 0. The minimum Gasteiger partial charge on any atom is -0.396 e. The lowest BCUT2D eigenvalue weighted by Gasteiger charge is -2.35. The highest BCUT2D eigenvalue weighted by molar-refractivity contribution is 14.0. The number of nitrogens with zero attached hydrogens (tertiary/aromatic N) is 2. The molecule has 3 N–H and O–H groups in total. The van der Waals surface area contributed by atoms with Gasteiger partial charge in [-0.1, -0.05) is 24.4 Å². The van der Waals surface area contributed by atoms with Crippen LogP contribution in [0.2, 0.25) is 0 Å². The van der Waals surface area contributed by atoms with E-state index in [-0.39, 0.29) is 36.0 Å². The van der Waals surface area contributed by atoms with Crippen molar-refractivity contribution in [3.63, 3.8) is 0 Å². The summed E-state index contributed by atoms with van der Waals surface area (Å²) in [5, 5.41) is 20.2. The van der Waals surface area contributed by atoms with Crippen molar-refractivity contribution in [3.05, 3.63) is 17.0 Å². The topological polar surface area (TPSA) is 82.7 Å². The molecule has 0 aromatic carbocycles. The largest absolute Gasteiger partial charge is 0.396 e. The van der Waals surface area contributed by atoms with Crippen molar-refractivity contribution in [2.45, 2.75) is 65.7 Å². The van der Waals surface area contributed by atoms with E-state index in [4.69, 9.17) is 9.52 Å². The van der Waals surface area contributed by atoms with E-state index in [0.29, 0.717) is 0 Å². The van der Waals surface area contributed by atoms with Crippen molar-refractivity contribution >= 4 is 29.9 Å². The van der Waals surface area contributed by atoms with Crippen LogP contribution in [-0.2, 0) is 6.42 Å². The third kappa shape index (κ3) is 6.72. The Hall–Kier alpha value is -0.830. The standard InChI is InChI=1S/C19H34N4O2.HI/c1-4-20-18(21-12-8-17-15(2)23-25-16(17)3)22-14-19(11-13-24)9-6-5-7-10-19;/h24H,4-14H2,1-3H3,(H2,20,21,22);1H. The van der Waals surface area contributed by atoms with Crippen LogP contribution < -0.4 is 10.6 Å². The number of aliphatic hydroxyl groups excluding tert-OH is 1. The summed E-state index contributed by atoms with van der Waals surface area (Å²) in [4.78, 5) is 4.84. The second kappa shape index (κ2) is 11.8. The van der Waals surface area contributed by atoms with Gasteiger partial charge < -0.3 is 20.3 Å². The Labute approximate surface area is 174 Å². The van der Waals surface area contributed by atoms with Gasteiger partial charge in [0, 0.05) is 31.8 Å². The highest BCUT2D eigenvalue weighted by Gasteiger charge is 2.31. The molecule has 1 aliphatic rings. The summed E-state index contributed by atoms with van der Waals surface area (Å²) in [6.45, 7) is 8.68. The van der Waals surface area contributed by atoms with Crippen LogP contribution in [0.4, 0.5) is 0 Å². The smallest absolute Gasteiger partial charge is 0.191 e. The fourth-order valence-corrected chi connectivity index (χ4v) is 3.78. The Kier molecular flexibility index (Phi) is 10.5. The van der Waals surface area contributed by atoms with Crippen LogP contribution in [0.25, 0.3) is 0 Å². The van der Waals surface area contributed by atoms with E-state index in [2.05, 4.69) is 22.7 Å². The molecule has 0 bridgehead atoms. The van der Waals surface area contributed by atoms with Gasteiger partial charge in [-0.05, 0) is 51.9 Å². The molecule has 1 saturated carbocycles. The Morgan fingerprint density at radius 3 is 2.54 bits per heavy atom. The molecule has 1 aromatic rings. The first kappa shape index (κ1) is 23.2. The van der Waals surface area contributed by atoms with E-state index in [1.165, 1.54) is 37.7 Å². The summed E-state index contributed by atoms with van der Waals surface area (Å²) in [5.74, 6) is 1.75. The van der Waals surface area contributed by atoms with Gasteiger partial charge in [-0.15, -0.1) is 24.0 Å². The van der Waals surface area contributed by atoms with Gasteiger partial charge in [0.2, 0.25) is 0 Å². The molecule has 0 unspecified atom stereocenters. The molecule has 2 rings (SSSR count). The maximum Gasteiger partial charge on any atom is 0.191 e. The summed E-state index contributed by atoms with van der Waals surface area (Å²) in [5.41, 5.74) is 2.31. The van der Waals surface area contributed by atoms with Crippen molar-refractivity contribution in [2.24, 2.45) is 10.4 Å². The predicted molar refractivity (Wildman–Crippen MR) is 116 cm³/mol. The average molecular weight is 478 g/mol. The van der Waals surface area contributed by atoms with Crippen molar-refractivity contribution in [1.82, 2.24) is 15.8 Å². The van der Waals surface area contributed by atoms with Gasteiger partial charge in [-0.25, -0.2) is 0 Å². The molecule has 1 heterocycles. The van der Waals surface area contributed by atoms with E-state index in [1.807, 2.05) is 13.8 Å². The number of halogens is 1. The summed E-state index contributed by atoms with van der Waals surface area (Å²) in [7, 11) is 0. The molecule has 6 nitrogen and oxygen atoms in total. The van der Waals surface area contributed by atoms with E-state index >= 15 is 0 Å². The average Bonchev–Trinajstić information content (AvgIpc) is 2.93. The molecule has 0 spiro atoms. The number of hydrogen-bond donors (Lipinski definition) is 3. The second-order valence-corrected chi connectivity index (χ2v) is 7.21. The van der Waals surface area contributed by atoms with Gasteiger partial charge in [0.05, 0.1) is 5.69 Å². The summed E-state index contributed by atoms with van der Waals surface area (Å²) in [6.07, 6.45) is 7.90. The quantitative estimate of drug-likeness (QED) is 0.303. The van der Waals surface area contributed by atoms with Crippen molar-refractivity contribution in [2.75, 3.05) is 26.2 Å². The monoisotopic (exact) mass is 478 g/mol. The number of aliphatic hydroxyl groups is 1. The zero-order valence-corrected chi connectivity index (χ0v) is 18.8. The first-order chi connectivity index (χ1) is 12.1. The Morgan fingerprint density at radius 1 is 1.23 bits per heavy atom. The first-order valence-electron chi connectivity index (χ1n) is 9.65. The maximum absolute atomic E-state index is 9.46. The number of guanidine groups is 1. The lowest BCUT2D eigenvalue weighted by molar-refractivity contribution is 0.137. The predicted octanol–water partition coefficient (Wildman–Crippen LogP) is 3.34. The van der Waals surface area contributed by atoms with Crippen LogP contribution in [-0.4, -0.2) is 42.5 Å². The molecule has 1 aliphatic carbocycles. The molecule has 7 heteroatoms. The van der Waals surface area contributed by atoms with Gasteiger partial charge in [-0.3, -0.25) is 4.99 Å². The second-order valence-electron chi connectivity index (χ2n) is 7.21. The number of aromatic nitrogens is 1. The molecule has 26 heavy (non-hydrogen) atoms. The van der Waals surface area contributed by atoms with Crippen LogP contribution in [0.15, 0.2) is 9.52 Å². The van der Waals surface area contributed by atoms with Crippen molar-refractivity contribution < 1.29 is 9.63 Å². The summed E-state index contributed by atoms with van der Waals surface area (Å²) < 4.78 is 5.22. The molecule has 0 radical (unpaired) electrons. The van der Waals surface area contributed by atoms with E-state index in [9.17, 15) is 5.11 Å². The van der Waals surface area contributed by atoms with Gasteiger partial charge in [0.1, 0.15) is 5.76 Å². The molecule has 0 atom stereocenters. The number of rotatable bonds is 8. The maximum atomic E-state index is 9.46. The minimum atomic E-state index is 0. The number of aryl methyl sites for hydroxylation is 2. The molecule has 0 amide bonds. The highest BCUT2D eigenvalue weighted by Crippen LogP contribution is 2.39. The third-order valence-corrected chi connectivity index (χ3v) is 5.32.